The maximum atomic E-state index is 12.6. The van der Waals surface area contributed by atoms with Crippen LogP contribution in [0.4, 0.5) is 13.2 Å². The highest BCUT2D eigenvalue weighted by molar-refractivity contribution is 9.10. The maximum Gasteiger partial charge on any atom is 0.419 e. The molecule has 0 spiro atoms. The summed E-state index contributed by atoms with van der Waals surface area (Å²) in [4.78, 5) is 14.2. The number of fused-ring (bicyclic) bond motifs is 1. The third-order valence-corrected chi connectivity index (χ3v) is 2.86. The molecule has 0 amide bonds. The van der Waals surface area contributed by atoms with Crippen molar-refractivity contribution in [2.75, 3.05) is 0 Å². The minimum atomic E-state index is -4.58. The number of alkyl halides is 3. The molecular formula is C9H4BrF3N2O2. The molecular weight excluding hydrogens is 305 g/mol. The van der Waals surface area contributed by atoms with Crippen molar-refractivity contribution in [1.29, 1.82) is 0 Å². The van der Waals surface area contributed by atoms with Crippen LogP contribution in [0, 0.1) is 0 Å². The van der Waals surface area contributed by atoms with Gasteiger partial charge in [0.25, 0.3) is 0 Å². The van der Waals surface area contributed by atoms with Gasteiger partial charge in [-0.2, -0.15) is 13.2 Å². The molecule has 0 unspecified atom stereocenters. The lowest BCUT2D eigenvalue weighted by Crippen LogP contribution is -2.07. The topological polar surface area (TPSA) is 54.6 Å². The average molecular weight is 309 g/mol. The van der Waals surface area contributed by atoms with E-state index in [2.05, 4.69) is 20.9 Å². The van der Waals surface area contributed by atoms with E-state index in [9.17, 15) is 18.0 Å². The lowest BCUT2D eigenvalue weighted by atomic mass is 10.2. The molecule has 2 rings (SSSR count). The summed E-state index contributed by atoms with van der Waals surface area (Å²) in [6.45, 7) is 0. The summed E-state index contributed by atoms with van der Waals surface area (Å²) in [5, 5.41) is 8.77. The molecule has 2 heterocycles. The molecule has 2 aromatic heterocycles. The Morgan fingerprint density at radius 3 is 2.65 bits per heavy atom. The molecule has 0 bridgehead atoms. The molecule has 1 N–H and O–H groups in total. The van der Waals surface area contributed by atoms with E-state index in [-0.39, 0.29) is 4.60 Å². The third-order valence-electron chi connectivity index (χ3n) is 2.10. The molecule has 0 atom stereocenters. The fourth-order valence-corrected chi connectivity index (χ4v) is 1.94. The molecule has 4 nitrogen and oxygen atoms in total. The van der Waals surface area contributed by atoms with Gasteiger partial charge in [-0.05, 0) is 28.1 Å². The third kappa shape index (κ3) is 1.88. The number of rotatable bonds is 1. The summed E-state index contributed by atoms with van der Waals surface area (Å²) in [7, 11) is 0. The first-order chi connectivity index (χ1) is 7.82. The van der Waals surface area contributed by atoms with Crippen LogP contribution in [-0.4, -0.2) is 20.5 Å². The Bertz CT molecular complexity index is 606. The summed E-state index contributed by atoms with van der Waals surface area (Å²) >= 11 is 2.91. The molecule has 8 heteroatoms. The largest absolute Gasteiger partial charge is 0.476 e. The van der Waals surface area contributed by atoms with Crippen LogP contribution in [0.25, 0.3) is 5.65 Å². The van der Waals surface area contributed by atoms with E-state index in [0.29, 0.717) is 0 Å². The van der Waals surface area contributed by atoms with Crippen LogP contribution in [0.5, 0.6) is 0 Å². The van der Waals surface area contributed by atoms with Crippen LogP contribution in [0.2, 0.25) is 0 Å². The molecule has 90 valence electrons. The zero-order valence-corrected chi connectivity index (χ0v) is 9.58. The van der Waals surface area contributed by atoms with E-state index in [0.717, 1.165) is 10.5 Å². The van der Waals surface area contributed by atoms with Crippen LogP contribution < -0.4 is 0 Å². The molecule has 0 aliphatic carbocycles. The van der Waals surface area contributed by atoms with Crippen molar-refractivity contribution in [3.8, 4) is 0 Å². The van der Waals surface area contributed by atoms with Crippen molar-refractivity contribution in [2.24, 2.45) is 0 Å². The van der Waals surface area contributed by atoms with Crippen LogP contribution in [0.3, 0.4) is 0 Å². The summed E-state index contributed by atoms with van der Waals surface area (Å²) in [6, 6.07) is 2.02. The number of nitrogens with zero attached hydrogens (tertiary/aromatic N) is 2. The van der Waals surface area contributed by atoms with Gasteiger partial charge in [-0.1, -0.05) is 0 Å². The number of aromatic nitrogens is 2. The Kier molecular flexibility index (Phi) is 2.61. The van der Waals surface area contributed by atoms with Gasteiger partial charge in [0.1, 0.15) is 4.60 Å². The van der Waals surface area contributed by atoms with Gasteiger partial charge in [-0.25, -0.2) is 9.78 Å². The van der Waals surface area contributed by atoms with Crippen LogP contribution in [-0.2, 0) is 6.18 Å². The number of pyridine rings is 1. The number of aromatic carboxylic acids is 1. The molecule has 0 radical (unpaired) electrons. The fourth-order valence-electron chi connectivity index (χ4n) is 1.40. The molecule has 2 aromatic rings. The molecule has 0 saturated heterocycles. The van der Waals surface area contributed by atoms with Crippen LogP contribution >= 0.6 is 15.9 Å². The molecule has 0 aliphatic heterocycles. The molecule has 0 aliphatic rings. The monoisotopic (exact) mass is 308 g/mol. The van der Waals surface area contributed by atoms with Crippen molar-refractivity contribution in [3.05, 3.63) is 34.2 Å². The van der Waals surface area contributed by atoms with E-state index >= 15 is 0 Å². The van der Waals surface area contributed by atoms with E-state index in [4.69, 9.17) is 5.11 Å². The lowest BCUT2D eigenvalue weighted by Gasteiger charge is -2.07. The Morgan fingerprint density at radius 2 is 2.12 bits per heavy atom. The average Bonchev–Trinajstić information content (AvgIpc) is 2.55. The lowest BCUT2D eigenvalue weighted by molar-refractivity contribution is -0.136. The van der Waals surface area contributed by atoms with E-state index < -0.39 is 29.1 Å². The molecule has 0 saturated carbocycles. The Morgan fingerprint density at radius 1 is 1.47 bits per heavy atom. The van der Waals surface area contributed by atoms with Crippen molar-refractivity contribution in [1.82, 2.24) is 9.38 Å². The van der Waals surface area contributed by atoms with Crippen molar-refractivity contribution >= 4 is 27.5 Å². The van der Waals surface area contributed by atoms with Crippen LogP contribution in [0.15, 0.2) is 22.9 Å². The molecule has 0 aromatic carbocycles. The standard InChI is InChI=1S/C9H4BrF3N2O2/c10-6-5(8(16)17)14-7-4(9(11,12)13)2-1-3-15(6)7/h1-3H,(H,16,17). The van der Waals surface area contributed by atoms with Gasteiger partial charge < -0.3 is 5.11 Å². The number of imidazole rings is 1. The van der Waals surface area contributed by atoms with Gasteiger partial charge in [-0.3, -0.25) is 4.40 Å². The van der Waals surface area contributed by atoms with Gasteiger partial charge in [-0.15, -0.1) is 0 Å². The summed E-state index contributed by atoms with van der Waals surface area (Å²) in [5.74, 6) is -1.39. The second kappa shape index (κ2) is 3.73. The molecule has 17 heavy (non-hydrogen) atoms. The van der Waals surface area contributed by atoms with Gasteiger partial charge in [0.15, 0.2) is 11.3 Å². The Hall–Kier alpha value is -1.57. The normalized spacial score (nSPS) is 12.0. The summed E-state index contributed by atoms with van der Waals surface area (Å²) < 4.78 is 38.9. The maximum absolute atomic E-state index is 12.6. The zero-order valence-electron chi connectivity index (χ0n) is 7.99. The predicted octanol–water partition coefficient (Wildman–Crippen LogP) is 2.81. The van der Waals surface area contributed by atoms with E-state index in [1.54, 1.807) is 0 Å². The second-order valence-corrected chi connectivity index (χ2v) is 3.92. The predicted molar refractivity (Wildman–Crippen MR) is 54.9 cm³/mol. The Labute approximate surface area is 101 Å². The van der Waals surface area contributed by atoms with Crippen molar-refractivity contribution in [2.45, 2.75) is 6.18 Å². The first-order valence-electron chi connectivity index (χ1n) is 4.29. The minimum Gasteiger partial charge on any atom is -0.476 e. The number of carboxylic acids is 1. The first-order valence-corrected chi connectivity index (χ1v) is 5.08. The first kappa shape index (κ1) is 11.9. The summed E-state index contributed by atoms with van der Waals surface area (Å²) in [5.41, 5.74) is -1.88. The van der Waals surface area contributed by atoms with Gasteiger partial charge in [0.05, 0.1) is 5.56 Å². The van der Waals surface area contributed by atoms with Gasteiger partial charge in [0.2, 0.25) is 0 Å². The highest BCUT2D eigenvalue weighted by atomic mass is 79.9. The van der Waals surface area contributed by atoms with Crippen LogP contribution in [0.1, 0.15) is 16.1 Å². The number of carboxylic acid groups (broad SMARTS) is 1. The van der Waals surface area contributed by atoms with E-state index in [1.807, 2.05) is 0 Å². The number of hydrogen-bond donors (Lipinski definition) is 1. The number of carbonyl (C=O) groups is 1. The van der Waals surface area contributed by atoms with Crippen molar-refractivity contribution in [3.63, 3.8) is 0 Å². The number of hydrogen-bond acceptors (Lipinski definition) is 2. The highest BCUT2D eigenvalue weighted by Crippen LogP contribution is 2.33. The molecule has 0 fully saturated rings. The second-order valence-electron chi connectivity index (χ2n) is 3.17. The SMILES string of the molecule is O=C(O)c1nc2c(C(F)(F)F)cccn2c1Br. The number of halogens is 4. The fraction of sp³-hybridized carbons (Fsp3) is 0.111. The minimum absolute atomic E-state index is 0.0221. The summed E-state index contributed by atoms with van der Waals surface area (Å²) in [6.07, 6.45) is -3.28. The van der Waals surface area contributed by atoms with Gasteiger partial charge >= 0.3 is 12.1 Å². The quantitative estimate of drug-likeness (QED) is 0.881. The highest BCUT2D eigenvalue weighted by Gasteiger charge is 2.34. The van der Waals surface area contributed by atoms with E-state index in [1.165, 1.54) is 12.3 Å². The Balaban J connectivity index is 2.83. The zero-order chi connectivity index (χ0) is 12.8. The van der Waals surface area contributed by atoms with Crippen molar-refractivity contribution < 1.29 is 23.1 Å². The smallest absolute Gasteiger partial charge is 0.419 e. The van der Waals surface area contributed by atoms with Gasteiger partial charge in [0, 0.05) is 6.20 Å².